The van der Waals surface area contributed by atoms with Crippen LogP contribution in [0.3, 0.4) is 0 Å². The summed E-state index contributed by atoms with van der Waals surface area (Å²) in [5.74, 6) is 0.643. The Labute approximate surface area is 141 Å². The molecule has 0 bridgehead atoms. The number of nitro benzene ring substituents is 1. The topological polar surface area (TPSA) is 55.2 Å². The van der Waals surface area contributed by atoms with Gasteiger partial charge in [0, 0.05) is 17.7 Å². The van der Waals surface area contributed by atoms with Gasteiger partial charge >= 0.3 is 0 Å². The molecule has 1 heterocycles. The average Bonchev–Trinajstić information content (AvgIpc) is 3.04. The van der Waals surface area contributed by atoms with Gasteiger partial charge in [-0.2, -0.15) is 0 Å². The predicted molar refractivity (Wildman–Crippen MR) is 95.4 cm³/mol. The van der Waals surface area contributed by atoms with Crippen LogP contribution in [0.2, 0.25) is 0 Å². The molecule has 0 unspecified atom stereocenters. The zero-order chi connectivity index (χ0) is 16.8. The van der Waals surface area contributed by atoms with Crippen molar-refractivity contribution in [3.63, 3.8) is 0 Å². The normalized spacial score (nSPS) is 24.2. The molecule has 1 aliphatic heterocycles. The lowest BCUT2D eigenvalue weighted by Crippen LogP contribution is -2.30. The number of allylic oxidation sites excluding steroid dienone is 2. The van der Waals surface area contributed by atoms with Crippen molar-refractivity contribution in [3.8, 4) is 0 Å². The second-order valence-electron chi connectivity index (χ2n) is 6.84. The average molecular weight is 320 g/mol. The van der Waals surface area contributed by atoms with Crippen molar-refractivity contribution >= 4 is 11.4 Å². The minimum absolute atomic E-state index is 0.0412. The monoisotopic (exact) mass is 320 g/mol. The van der Waals surface area contributed by atoms with E-state index in [1.54, 1.807) is 12.1 Å². The van der Waals surface area contributed by atoms with Gasteiger partial charge in [0.25, 0.3) is 5.69 Å². The summed E-state index contributed by atoms with van der Waals surface area (Å²) in [5.41, 5.74) is 5.90. The second kappa shape index (κ2) is 5.48. The Balaban J connectivity index is 1.86. The fraction of sp³-hybridized carbons (Fsp3) is 0.300. The Morgan fingerprint density at radius 2 is 1.96 bits per heavy atom. The van der Waals surface area contributed by atoms with Crippen molar-refractivity contribution in [1.82, 2.24) is 0 Å². The molecule has 1 N–H and O–H groups in total. The zero-order valence-electron chi connectivity index (χ0n) is 13.8. The Bertz CT molecular complexity index is 857. The summed E-state index contributed by atoms with van der Waals surface area (Å²) in [6.45, 7) is 4.23. The SMILES string of the molecule is Cc1cc(C)c2c(c1)[C@@H]1C=CC[C@@H]1[C@@H](c1ccccc1[N+](=O)[O-])N2. The zero-order valence-corrected chi connectivity index (χ0v) is 13.8. The summed E-state index contributed by atoms with van der Waals surface area (Å²) in [6, 6.07) is 11.5. The number of benzene rings is 2. The van der Waals surface area contributed by atoms with Crippen LogP contribution in [0.5, 0.6) is 0 Å². The van der Waals surface area contributed by atoms with Gasteiger partial charge < -0.3 is 5.32 Å². The molecule has 0 fully saturated rings. The molecular formula is C20H20N2O2. The first-order valence-corrected chi connectivity index (χ1v) is 8.34. The second-order valence-corrected chi connectivity index (χ2v) is 6.84. The summed E-state index contributed by atoms with van der Waals surface area (Å²) in [5, 5.41) is 15.1. The number of nitrogens with zero attached hydrogens (tertiary/aromatic N) is 1. The van der Waals surface area contributed by atoms with E-state index in [2.05, 4.69) is 43.4 Å². The predicted octanol–water partition coefficient (Wildman–Crippen LogP) is 5.04. The number of para-hydroxylation sites is 1. The highest BCUT2D eigenvalue weighted by Gasteiger charge is 2.40. The maximum Gasteiger partial charge on any atom is 0.274 e. The first kappa shape index (κ1) is 14.9. The number of hydrogen-bond acceptors (Lipinski definition) is 3. The minimum atomic E-state index is -0.272. The van der Waals surface area contributed by atoms with Gasteiger partial charge in [0.15, 0.2) is 0 Å². The molecule has 0 amide bonds. The third kappa shape index (κ3) is 2.21. The van der Waals surface area contributed by atoms with Gasteiger partial charge in [0.1, 0.15) is 0 Å². The lowest BCUT2D eigenvalue weighted by molar-refractivity contribution is -0.385. The van der Waals surface area contributed by atoms with E-state index in [1.807, 2.05) is 12.1 Å². The summed E-state index contributed by atoms with van der Waals surface area (Å²) < 4.78 is 0. The van der Waals surface area contributed by atoms with Crippen LogP contribution in [0.4, 0.5) is 11.4 Å². The van der Waals surface area contributed by atoms with Crippen LogP contribution >= 0.6 is 0 Å². The lowest BCUT2D eigenvalue weighted by Gasteiger charge is -2.38. The standard InChI is InChI=1S/C20H20N2O2/c1-12-10-13(2)19-17(11-12)14-7-5-8-15(14)20(21-19)16-6-3-4-9-18(16)22(23)24/h3-7,9-11,14-15,20-21H,8H2,1-2H3/t14-,15+,20+/m1/s1. The van der Waals surface area contributed by atoms with Crippen molar-refractivity contribution in [2.45, 2.75) is 32.2 Å². The molecule has 2 aliphatic rings. The first-order chi connectivity index (χ1) is 11.6. The van der Waals surface area contributed by atoms with Gasteiger partial charge in [-0.05, 0) is 37.3 Å². The van der Waals surface area contributed by atoms with Crippen LogP contribution in [0.15, 0.2) is 48.6 Å². The van der Waals surface area contributed by atoms with Gasteiger partial charge in [-0.15, -0.1) is 0 Å². The summed E-state index contributed by atoms with van der Waals surface area (Å²) in [4.78, 5) is 11.2. The van der Waals surface area contributed by atoms with E-state index in [4.69, 9.17) is 0 Å². The van der Waals surface area contributed by atoms with E-state index in [0.717, 1.165) is 17.7 Å². The highest BCUT2D eigenvalue weighted by atomic mass is 16.6. The van der Waals surface area contributed by atoms with Crippen LogP contribution in [0.25, 0.3) is 0 Å². The van der Waals surface area contributed by atoms with E-state index in [9.17, 15) is 10.1 Å². The first-order valence-electron chi connectivity index (χ1n) is 8.34. The highest BCUT2D eigenvalue weighted by Crippen LogP contribution is 2.51. The Morgan fingerprint density at radius 1 is 1.17 bits per heavy atom. The molecule has 0 saturated carbocycles. The van der Waals surface area contributed by atoms with Gasteiger partial charge in [-0.25, -0.2) is 0 Å². The molecule has 1 aliphatic carbocycles. The van der Waals surface area contributed by atoms with E-state index >= 15 is 0 Å². The molecule has 0 saturated heterocycles. The van der Waals surface area contributed by atoms with Crippen LogP contribution in [-0.4, -0.2) is 4.92 Å². The molecule has 4 nitrogen and oxygen atoms in total. The third-order valence-electron chi connectivity index (χ3n) is 5.28. The molecular weight excluding hydrogens is 300 g/mol. The van der Waals surface area contributed by atoms with E-state index in [-0.39, 0.29) is 16.7 Å². The van der Waals surface area contributed by atoms with Crippen LogP contribution in [0, 0.1) is 29.9 Å². The quantitative estimate of drug-likeness (QED) is 0.479. The minimum Gasteiger partial charge on any atom is -0.377 e. The van der Waals surface area contributed by atoms with Gasteiger partial charge in [0.05, 0.1) is 16.5 Å². The number of fused-ring (bicyclic) bond motifs is 3. The molecule has 2 aromatic rings. The van der Waals surface area contributed by atoms with Crippen LogP contribution < -0.4 is 5.32 Å². The molecule has 4 rings (SSSR count). The number of nitro groups is 1. The summed E-state index contributed by atoms with van der Waals surface area (Å²) in [6.07, 6.45) is 5.43. The fourth-order valence-electron chi connectivity index (χ4n) is 4.30. The molecule has 0 radical (unpaired) electrons. The smallest absolute Gasteiger partial charge is 0.274 e. The molecule has 0 spiro atoms. The number of hydrogen-bond donors (Lipinski definition) is 1. The van der Waals surface area contributed by atoms with Crippen molar-refractivity contribution in [2.24, 2.45) is 5.92 Å². The maximum absolute atomic E-state index is 11.5. The number of anilines is 1. The largest absolute Gasteiger partial charge is 0.377 e. The fourth-order valence-corrected chi connectivity index (χ4v) is 4.30. The summed E-state index contributed by atoms with van der Waals surface area (Å²) >= 11 is 0. The maximum atomic E-state index is 11.5. The van der Waals surface area contributed by atoms with E-state index < -0.39 is 0 Å². The van der Waals surface area contributed by atoms with Crippen molar-refractivity contribution in [1.29, 1.82) is 0 Å². The number of rotatable bonds is 2. The van der Waals surface area contributed by atoms with Crippen molar-refractivity contribution in [3.05, 3.63) is 80.9 Å². The van der Waals surface area contributed by atoms with Crippen LogP contribution in [-0.2, 0) is 0 Å². The van der Waals surface area contributed by atoms with Crippen molar-refractivity contribution < 1.29 is 4.92 Å². The molecule has 122 valence electrons. The molecule has 0 aromatic heterocycles. The van der Waals surface area contributed by atoms with Crippen LogP contribution in [0.1, 0.15) is 40.6 Å². The van der Waals surface area contributed by atoms with Crippen molar-refractivity contribution in [2.75, 3.05) is 5.32 Å². The Morgan fingerprint density at radius 3 is 2.75 bits per heavy atom. The lowest BCUT2D eigenvalue weighted by atomic mass is 9.75. The third-order valence-corrected chi connectivity index (χ3v) is 5.28. The number of nitrogens with one attached hydrogen (secondary N) is 1. The van der Waals surface area contributed by atoms with Gasteiger partial charge in [-0.1, -0.05) is 48.0 Å². The van der Waals surface area contributed by atoms with Gasteiger partial charge in [0.2, 0.25) is 0 Å². The highest BCUT2D eigenvalue weighted by molar-refractivity contribution is 5.66. The summed E-state index contributed by atoms with van der Waals surface area (Å²) in [7, 11) is 0. The molecule has 3 atom stereocenters. The van der Waals surface area contributed by atoms with E-state index in [1.165, 1.54) is 16.7 Å². The Kier molecular flexibility index (Phi) is 3.41. The molecule has 4 heteroatoms. The molecule has 2 aromatic carbocycles. The van der Waals surface area contributed by atoms with Gasteiger partial charge in [-0.3, -0.25) is 10.1 Å². The molecule has 24 heavy (non-hydrogen) atoms. The van der Waals surface area contributed by atoms with E-state index in [0.29, 0.717) is 11.8 Å². The number of aryl methyl sites for hydroxylation is 2. The Hall–Kier alpha value is -2.62.